The molecule has 154 valence electrons. The first-order valence-corrected chi connectivity index (χ1v) is 10.1. The molecule has 0 aliphatic carbocycles. The number of imide groups is 1. The number of carbonyl (C=O) groups is 4. The fraction of sp³-hybridized carbons (Fsp3) is 0.304. The number of hydrogen-bond acceptors (Lipinski definition) is 4. The monoisotopic (exact) mass is 405 g/mol. The standard InChI is InChI=1S/C23H23N3O4/c27-20(11-14-26-22(29)18-9-4-5-10-19(18)23(26)30)24-12-6-13-25(16-15-24)21(28)17-7-2-1-3-8-17/h1-5,7-10H,6,11-16H2. The van der Waals surface area contributed by atoms with Crippen LogP contribution in [-0.2, 0) is 4.79 Å². The second-order valence-electron chi connectivity index (χ2n) is 7.45. The Kier molecular flexibility index (Phi) is 5.61. The molecule has 4 rings (SSSR count). The predicted octanol–water partition coefficient (Wildman–Crippen LogP) is 2.05. The third-order valence-corrected chi connectivity index (χ3v) is 5.58. The molecular weight excluding hydrogens is 382 g/mol. The smallest absolute Gasteiger partial charge is 0.261 e. The van der Waals surface area contributed by atoms with Crippen LogP contribution in [0.4, 0.5) is 0 Å². The van der Waals surface area contributed by atoms with Gasteiger partial charge in [0.2, 0.25) is 5.91 Å². The van der Waals surface area contributed by atoms with Gasteiger partial charge in [0.1, 0.15) is 0 Å². The SMILES string of the molecule is O=C(CCN1C(=O)c2ccccc2C1=O)N1CCCN(C(=O)c2ccccc2)CC1. The Labute approximate surface area is 174 Å². The molecule has 1 fully saturated rings. The normalized spacial score (nSPS) is 16.5. The van der Waals surface area contributed by atoms with Crippen molar-refractivity contribution in [3.63, 3.8) is 0 Å². The quantitative estimate of drug-likeness (QED) is 0.730. The third-order valence-electron chi connectivity index (χ3n) is 5.58. The molecule has 7 heteroatoms. The fourth-order valence-corrected chi connectivity index (χ4v) is 3.94. The molecule has 2 aliphatic rings. The number of rotatable bonds is 4. The highest BCUT2D eigenvalue weighted by Crippen LogP contribution is 2.22. The average Bonchev–Trinajstić information content (AvgIpc) is 2.95. The summed E-state index contributed by atoms with van der Waals surface area (Å²) in [5, 5.41) is 0. The van der Waals surface area contributed by atoms with E-state index in [0.29, 0.717) is 49.3 Å². The first-order valence-electron chi connectivity index (χ1n) is 10.1. The summed E-state index contributed by atoms with van der Waals surface area (Å²) in [7, 11) is 0. The van der Waals surface area contributed by atoms with Crippen molar-refractivity contribution < 1.29 is 19.2 Å². The van der Waals surface area contributed by atoms with Gasteiger partial charge in [0.15, 0.2) is 0 Å². The Morgan fingerprint density at radius 1 is 0.733 bits per heavy atom. The minimum atomic E-state index is -0.348. The molecule has 2 aliphatic heterocycles. The summed E-state index contributed by atoms with van der Waals surface area (Å²) >= 11 is 0. The van der Waals surface area contributed by atoms with Gasteiger partial charge in [-0.05, 0) is 30.7 Å². The van der Waals surface area contributed by atoms with E-state index in [1.165, 1.54) is 0 Å². The molecule has 4 amide bonds. The van der Waals surface area contributed by atoms with E-state index in [2.05, 4.69) is 0 Å². The maximum Gasteiger partial charge on any atom is 0.261 e. The Balaban J connectivity index is 1.32. The van der Waals surface area contributed by atoms with Gasteiger partial charge in [0.05, 0.1) is 11.1 Å². The third kappa shape index (κ3) is 3.83. The van der Waals surface area contributed by atoms with E-state index in [9.17, 15) is 19.2 Å². The van der Waals surface area contributed by atoms with Crippen LogP contribution in [0.3, 0.4) is 0 Å². The van der Waals surface area contributed by atoms with E-state index in [-0.39, 0.29) is 36.6 Å². The lowest BCUT2D eigenvalue weighted by atomic mass is 10.1. The number of benzene rings is 2. The fourth-order valence-electron chi connectivity index (χ4n) is 3.94. The summed E-state index contributed by atoms with van der Waals surface area (Å²) < 4.78 is 0. The van der Waals surface area contributed by atoms with Gasteiger partial charge in [-0.1, -0.05) is 30.3 Å². The van der Waals surface area contributed by atoms with Crippen molar-refractivity contribution in [2.45, 2.75) is 12.8 Å². The zero-order valence-corrected chi connectivity index (χ0v) is 16.6. The van der Waals surface area contributed by atoms with Crippen molar-refractivity contribution >= 4 is 23.6 Å². The summed E-state index contributed by atoms with van der Waals surface area (Å²) in [4.78, 5) is 54.9. The Hall–Kier alpha value is -3.48. The number of nitrogens with zero attached hydrogens (tertiary/aromatic N) is 3. The molecule has 0 atom stereocenters. The van der Waals surface area contributed by atoms with Gasteiger partial charge in [-0.15, -0.1) is 0 Å². The summed E-state index contributed by atoms with van der Waals surface area (Å²) in [6.07, 6.45) is 0.773. The molecule has 0 bridgehead atoms. The van der Waals surface area contributed by atoms with E-state index in [1.54, 1.807) is 46.2 Å². The van der Waals surface area contributed by atoms with Crippen molar-refractivity contribution in [1.29, 1.82) is 0 Å². The first kappa shape index (κ1) is 19.8. The minimum absolute atomic E-state index is 0.0316. The van der Waals surface area contributed by atoms with Gasteiger partial charge in [-0.25, -0.2) is 0 Å². The Morgan fingerprint density at radius 2 is 1.30 bits per heavy atom. The second-order valence-corrected chi connectivity index (χ2v) is 7.45. The van der Waals surface area contributed by atoms with Crippen molar-refractivity contribution in [2.24, 2.45) is 0 Å². The largest absolute Gasteiger partial charge is 0.341 e. The molecule has 0 radical (unpaired) electrons. The van der Waals surface area contributed by atoms with Gasteiger partial charge in [-0.3, -0.25) is 24.1 Å². The van der Waals surface area contributed by atoms with Crippen LogP contribution in [-0.4, -0.2) is 71.1 Å². The maximum atomic E-state index is 12.7. The molecule has 0 spiro atoms. The highest BCUT2D eigenvalue weighted by atomic mass is 16.2. The summed E-state index contributed by atoms with van der Waals surface area (Å²) in [6.45, 7) is 2.12. The van der Waals surface area contributed by atoms with Crippen LogP contribution >= 0.6 is 0 Å². The second kappa shape index (κ2) is 8.49. The topological polar surface area (TPSA) is 78.0 Å². The molecule has 0 aromatic heterocycles. The number of hydrogen-bond donors (Lipinski definition) is 0. The van der Waals surface area contributed by atoms with Crippen LogP contribution in [0.5, 0.6) is 0 Å². The molecule has 0 unspecified atom stereocenters. The van der Waals surface area contributed by atoms with Crippen LogP contribution in [0.2, 0.25) is 0 Å². The van der Waals surface area contributed by atoms with Gasteiger partial charge < -0.3 is 9.80 Å². The lowest BCUT2D eigenvalue weighted by Crippen LogP contribution is -2.39. The molecule has 0 saturated carbocycles. The highest BCUT2D eigenvalue weighted by molar-refractivity contribution is 6.21. The van der Waals surface area contributed by atoms with Crippen molar-refractivity contribution in [3.8, 4) is 0 Å². The zero-order valence-electron chi connectivity index (χ0n) is 16.6. The molecule has 2 heterocycles. The highest BCUT2D eigenvalue weighted by Gasteiger charge is 2.35. The van der Waals surface area contributed by atoms with Crippen molar-refractivity contribution in [2.75, 3.05) is 32.7 Å². The average molecular weight is 405 g/mol. The molecule has 0 N–H and O–H groups in total. The molecule has 30 heavy (non-hydrogen) atoms. The molecule has 7 nitrogen and oxygen atoms in total. The Bertz CT molecular complexity index is 954. The predicted molar refractivity (Wildman–Crippen MR) is 110 cm³/mol. The maximum absolute atomic E-state index is 12.7. The van der Waals surface area contributed by atoms with Gasteiger partial charge >= 0.3 is 0 Å². The van der Waals surface area contributed by atoms with E-state index in [1.807, 2.05) is 18.2 Å². The van der Waals surface area contributed by atoms with E-state index in [0.717, 1.165) is 4.90 Å². The van der Waals surface area contributed by atoms with Crippen LogP contribution in [0.15, 0.2) is 54.6 Å². The lowest BCUT2D eigenvalue weighted by molar-refractivity contribution is -0.131. The van der Waals surface area contributed by atoms with Crippen LogP contribution < -0.4 is 0 Å². The molecule has 2 aromatic carbocycles. The number of fused-ring (bicyclic) bond motifs is 1. The first-order chi connectivity index (χ1) is 14.6. The Morgan fingerprint density at radius 3 is 1.97 bits per heavy atom. The number of carbonyl (C=O) groups excluding carboxylic acids is 4. The van der Waals surface area contributed by atoms with Gasteiger partial charge in [-0.2, -0.15) is 0 Å². The minimum Gasteiger partial charge on any atom is -0.341 e. The van der Waals surface area contributed by atoms with E-state index in [4.69, 9.17) is 0 Å². The number of amides is 4. The molecule has 2 aromatic rings. The van der Waals surface area contributed by atoms with Crippen molar-refractivity contribution in [3.05, 3.63) is 71.3 Å². The molecular formula is C23H23N3O4. The van der Waals surface area contributed by atoms with Gasteiger partial charge in [0.25, 0.3) is 17.7 Å². The van der Waals surface area contributed by atoms with Crippen LogP contribution in [0, 0.1) is 0 Å². The molecule has 1 saturated heterocycles. The van der Waals surface area contributed by atoms with E-state index >= 15 is 0 Å². The summed E-state index contributed by atoms with van der Waals surface area (Å²) in [5.74, 6) is -0.839. The zero-order chi connectivity index (χ0) is 21.1. The van der Waals surface area contributed by atoms with Crippen LogP contribution in [0.1, 0.15) is 43.9 Å². The summed E-state index contributed by atoms with van der Waals surface area (Å²) in [5.41, 5.74) is 1.42. The summed E-state index contributed by atoms with van der Waals surface area (Å²) in [6, 6.07) is 15.8. The van der Waals surface area contributed by atoms with Gasteiger partial charge in [0, 0.05) is 44.7 Å². The lowest BCUT2D eigenvalue weighted by Gasteiger charge is -2.23. The van der Waals surface area contributed by atoms with E-state index < -0.39 is 0 Å². The van der Waals surface area contributed by atoms with Crippen molar-refractivity contribution in [1.82, 2.24) is 14.7 Å². The van der Waals surface area contributed by atoms with Crippen LogP contribution in [0.25, 0.3) is 0 Å².